The SMILES string of the molecule is CC[C@H](CN(C)Cc1ccccc1)NC(=O)C1CCN(c2nc3cccnc3n(C)c2=O)CC1. The highest BCUT2D eigenvalue weighted by Crippen LogP contribution is 2.21. The van der Waals surface area contributed by atoms with Crippen LogP contribution in [0.25, 0.3) is 11.2 Å². The maximum Gasteiger partial charge on any atom is 0.294 e. The fourth-order valence-electron chi connectivity index (χ4n) is 4.63. The summed E-state index contributed by atoms with van der Waals surface area (Å²) in [6, 6.07) is 14.2. The molecular weight excluding hydrogens is 428 g/mol. The minimum absolute atomic E-state index is 0.0456. The molecule has 34 heavy (non-hydrogen) atoms. The molecule has 4 rings (SSSR count). The van der Waals surface area contributed by atoms with E-state index >= 15 is 0 Å². The first-order valence-corrected chi connectivity index (χ1v) is 12.1. The molecular formula is C26H34N6O2. The lowest BCUT2D eigenvalue weighted by Crippen LogP contribution is -2.47. The van der Waals surface area contributed by atoms with Gasteiger partial charge in [-0.1, -0.05) is 37.3 Å². The number of likely N-dealkylation sites (N-methyl/N-ethyl adjacent to an activating group) is 1. The number of rotatable bonds is 8. The number of nitrogens with zero attached hydrogens (tertiary/aromatic N) is 5. The summed E-state index contributed by atoms with van der Waals surface area (Å²) in [6.07, 6.45) is 3.96. The van der Waals surface area contributed by atoms with E-state index in [1.54, 1.807) is 17.8 Å². The molecule has 3 heterocycles. The molecule has 8 heteroatoms. The molecule has 0 saturated carbocycles. The van der Waals surface area contributed by atoms with Crippen molar-refractivity contribution in [3.05, 3.63) is 64.6 Å². The minimum Gasteiger partial charge on any atom is -0.352 e. The van der Waals surface area contributed by atoms with E-state index in [4.69, 9.17) is 0 Å². The quantitative estimate of drug-likeness (QED) is 0.554. The standard InChI is InChI=1S/C26H34N6O2/c1-4-21(18-30(2)17-19-9-6-5-7-10-19)28-25(33)20-12-15-32(16-13-20)24-26(34)31(3)23-22(29-24)11-8-14-27-23/h5-11,14,20-21H,4,12-13,15-18H2,1-3H3,(H,28,33)/t21-/m1/s1. The van der Waals surface area contributed by atoms with E-state index < -0.39 is 0 Å². The molecule has 1 aromatic carbocycles. The Kier molecular flexibility index (Phi) is 7.57. The first-order chi connectivity index (χ1) is 16.5. The zero-order valence-electron chi connectivity index (χ0n) is 20.3. The van der Waals surface area contributed by atoms with Crippen molar-refractivity contribution in [2.45, 2.75) is 38.8 Å². The van der Waals surface area contributed by atoms with Gasteiger partial charge in [0.25, 0.3) is 5.56 Å². The van der Waals surface area contributed by atoms with Crippen molar-refractivity contribution in [1.29, 1.82) is 0 Å². The van der Waals surface area contributed by atoms with Crippen LogP contribution in [0.4, 0.5) is 5.82 Å². The molecule has 1 N–H and O–H groups in total. The monoisotopic (exact) mass is 462 g/mol. The summed E-state index contributed by atoms with van der Waals surface area (Å²) in [5, 5.41) is 3.26. The topological polar surface area (TPSA) is 83.4 Å². The van der Waals surface area contributed by atoms with Gasteiger partial charge in [-0.15, -0.1) is 0 Å². The van der Waals surface area contributed by atoms with Gasteiger partial charge < -0.3 is 15.1 Å². The summed E-state index contributed by atoms with van der Waals surface area (Å²) >= 11 is 0. The Morgan fingerprint density at radius 2 is 1.91 bits per heavy atom. The average molecular weight is 463 g/mol. The van der Waals surface area contributed by atoms with Gasteiger partial charge in [-0.05, 0) is 44.0 Å². The Hall–Kier alpha value is -3.26. The van der Waals surface area contributed by atoms with E-state index in [9.17, 15) is 9.59 Å². The normalized spacial score (nSPS) is 15.6. The smallest absolute Gasteiger partial charge is 0.294 e. The molecule has 1 fully saturated rings. The first-order valence-electron chi connectivity index (χ1n) is 12.1. The number of pyridine rings is 1. The van der Waals surface area contributed by atoms with Crippen LogP contribution >= 0.6 is 0 Å². The number of carbonyl (C=O) groups excluding carboxylic acids is 1. The van der Waals surface area contributed by atoms with E-state index in [1.165, 1.54) is 5.56 Å². The Labute approximate surface area is 200 Å². The number of fused-ring (bicyclic) bond motifs is 1. The van der Waals surface area contributed by atoms with Gasteiger partial charge in [0.2, 0.25) is 5.91 Å². The van der Waals surface area contributed by atoms with Crippen LogP contribution in [0.2, 0.25) is 0 Å². The molecule has 3 aromatic rings. The van der Waals surface area contributed by atoms with Gasteiger partial charge in [-0.2, -0.15) is 0 Å². The largest absolute Gasteiger partial charge is 0.352 e. The Balaban J connectivity index is 1.33. The first kappa shape index (κ1) is 23.9. The summed E-state index contributed by atoms with van der Waals surface area (Å²) in [6.45, 7) is 5.05. The van der Waals surface area contributed by atoms with Crippen molar-refractivity contribution >= 4 is 22.9 Å². The maximum absolute atomic E-state index is 13.0. The fraction of sp³-hybridized carbons (Fsp3) is 0.462. The van der Waals surface area contributed by atoms with Gasteiger partial charge >= 0.3 is 0 Å². The van der Waals surface area contributed by atoms with Crippen LogP contribution in [-0.4, -0.2) is 58.1 Å². The van der Waals surface area contributed by atoms with Crippen LogP contribution in [0, 0.1) is 5.92 Å². The number of aromatic nitrogens is 3. The van der Waals surface area contributed by atoms with Crippen molar-refractivity contribution < 1.29 is 4.79 Å². The second-order valence-corrected chi connectivity index (χ2v) is 9.20. The van der Waals surface area contributed by atoms with Gasteiger partial charge in [-0.3, -0.25) is 14.2 Å². The van der Waals surface area contributed by atoms with Crippen LogP contribution in [0.3, 0.4) is 0 Å². The zero-order chi connectivity index (χ0) is 24.1. The lowest BCUT2D eigenvalue weighted by molar-refractivity contribution is -0.126. The second-order valence-electron chi connectivity index (χ2n) is 9.20. The van der Waals surface area contributed by atoms with E-state index in [2.05, 4.69) is 58.4 Å². The second kappa shape index (κ2) is 10.8. The molecule has 0 unspecified atom stereocenters. The molecule has 8 nitrogen and oxygen atoms in total. The zero-order valence-corrected chi connectivity index (χ0v) is 20.3. The number of piperidine rings is 1. The van der Waals surface area contributed by atoms with Crippen LogP contribution in [-0.2, 0) is 18.4 Å². The fourth-order valence-corrected chi connectivity index (χ4v) is 4.63. The summed E-state index contributed by atoms with van der Waals surface area (Å²) in [4.78, 5) is 39.0. The van der Waals surface area contributed by atoms with Crippen molar-refractivity contribution in [2.75, 3.05) is 31.6 Å². The van der Waals surface area contributed by atoms with Crippen molar-refractivity contribution in [3.63, 3.8) is 0 Å². The van der Waals surface area contributed by atoms with Gasteiger partial charge in [0.1, 0.15) is 5.52 Å². The van der Waals surface area contributed by atoms with Gasteiger partial charge in [-0.25, -0.2) is 9.97 Å². The number of hydrogen-bond donors (Lipinski definition) is 1. The van der Waals surface area contributed by atoms with Crippen molar-refractivity contribution in [2.24, 2.45) is 13.0 Å². The number of anilines is 1. The molecule has 0 spiro atoms. The molecule has 1 amide bonds. The number of aryl methyl sites for hydroxylation is 1. The van der Waals surface area contributed by atoms with E-state index in [0.29, 0.717) is 42.9 Å². The van der Waals surface area contributed by atoms with Gasteiger partial charge in [0.05, 0.1) is 0 Å². The third-order valence-corrected chi connectivity index (χ3v) is 6.64. The highest BCUT2D eigenvalue weighted by Gasteiger charge is 2.28. The van der Waals surface area contributed by atoms with Crippen LogP contribution < -0.4 is 15.8 Å². The average Bonchev–Trinajstić information content (AvgIpc) is 2.86. The van der Waals surface area contributed by atoms with Crippen LogP contribution in [0.5, 0.6) is 0 Å². The molecule has 1 atom stereocenters. The van der Waals surface area contributed by atoms with E-state index in [1.807, 2.05) is 23.1 Å². The van der Waals surface area contributed by atoms with Crippen molar-refractivity contribution in [3.8, 4) is 0 Å². The molecule has 0 bridgehead atoms. The minimum atomic E-state index is -0.151. The molecule has 0 aliphatic carbocycles. The van der Waals surface area contributed by atoms with E-state index in [0.717, 1.165) is 19.5 Å². The summed E-state index contributed by atoms with van der Waals surface area (Å²) in [7, 11) is 3.82. The van der Waals surface area contributed by atoms with Crippen LogP contribution in [0.15, 0.2) is 53.5 Å². The maximum atomic E-state index is 13.0. The summed E-state index contributed by atoms with van der Waals surface area (Å²) in [5.41, 5.74) is 2.39. The molecule has 0 radical (unpaired) electrons. The highest BCUT2D eigenvalue weighted by atomic mass is 16.2. The summed E-state index contributed by atoms with van der Waals surface area (Å²) < 4.78 is 1.55. The number of benzene rings is 1. The molecule has 180 valence electrons. The highest BCUT2D eigenvalue weighted by molar-refractivity contribution is 5.79. The third kappa shape index (κ3) is 5.44. The lowest BCUT2D eigenvalue weighted by atomic mass is 9.95. The Bertz CT molecular complexity index is 1170. The molecule has 1 aliphatic heterocycles. The molecule has 1 saturated heterocycles. The summed E-state index contributed by atoms with van der Waals surface area (Å²) in [5.74, 6) is 0.509. The van der Waals surface area contributed by atoms with Gasteiger partial charge in [0, 0.05) is 51.4 Å². The Morgan fingerprint density at radius 1 is 1.18 bits per heavy atom. The third-order valence-electron chi connectivity index (χ3n) is 6.64. The number of carbonyl (C=O) groups is 1. The predicted octanol–water partition coefficient (Wildman–Crippen LogP) is 2.57. The predicted molar refractivity (Wildman–Crippen MR) is 135 cm³/mol. The number of hydrogen-bond acceptors (Lipinski definition) is 6. The lowest BCUT2D eigenvalue weighted by Gasteiger charge is -2.33. The van der Waals surface area contributed by atoms with Gasteiger partial charge in [0.15, 0.2) is 11.5 Å². The Morgan fingerprint density at radius 3 is 2.62 bits per heavy atom. The van der Waals surface area contributed by atoms with Crippen molar-refractivity contribution in [1.82, 2.24) is 24.8 Å². The number of amides is 1. The van der Waals surface area contributed by atoms with Crippen LogP contribution in [0.1, 0.15) is 31.7 Å². The number of nitrogens with one attached hydrogen (secondary N) is 1. The molecule has 1 aliphatic rings. The van der Waals surface area contributed by atoms with E-state index in [-0.39, 0.29) is 23.4 Å². The molecule has 2 aromatic heterocycles.